The summed E-state index contributed by atoms with van der Waals surface area (Å²) in [7, 11) is 0. The van der Waals surface area contributed by atoms with Crippen molar-refractivity contribution in [2.45, 2.75) is 33.7 Å². The molecular formula is C17H23BrN4S. The minimum atomic E-state index is 0.657. The van der Waals surface area contributed by atoms with E-state index in [4.69, 9.17) is 0 Å². The first-order valence-corrected chi connectivity index (χ1v) is 9.39. The lowest BCUT2D eigenvalue weighted by Crippen LogP contribution is -2.38. The number of rotatable bonds is 6. The third-order valence-electron chi connectivity index (χ3n) is 3.36. The van der Waals surface area contributed by atoms with E-state index >= 15 is 0 Å². The Morgan fingerprint density at radius 1 is 1.30 bits per heavy atom. The van der Waals surface area contributed by atoms with E-state index in [0.29, 0.717) is 6.54 Å². The van der Waals surface area contributed by atoms with Gasteiger partial charge in [-0.1, -0.05) is 28.1 Å². The lowest BCUT2D eigenvalue weighted by atomic mass is 10.2. The minimum absolute atomic E-state index is 0.657. The van der Waals surface area contributed by atoms with Crippen LogP contribution in [0.25, 0.3) is 0 Å². The zero-order chi connectivity index (χ0) is 16.7. The Balaban J connectivity index is 1.88. The Bertz CT molecular complexity index is 647. The van der Waals surface area contributed by atoms with Gasteiger partial charge in [0.15, 0.2) is 5.96 Å². The second kappa shape index (κ2) is 9.03. The van der Waals surface area contributed by atoms with E-state index in [0.717, 1.165) is 35.6 Å². The number of hydrogen-bond donors (Lipinski definition) is 2. The van der Waals surface area contributed by atoms with Crippen molar-refractivity contribution in [2.24, 2.45) is 4.99 Å². The fourth-order valence-electron chi connectivity index (χ4n) is 2.08. The lowest BCUT2D eigenvalue weighted by Gasteiger charge is -2.10. The molecule has 4 nitrogen and oxygen atoms in total. The van der Waals surface area contributed by atoms with Gasteiger partial charge in [0.25, 0.3) is 0 Å². The second-order valence-corrected chi connectivity index (χ2v) is 7.45. The van der Waals surface area contributed by atoms with Crippen molar-refractivity contribution >= 4 is 33.2 Å². The van der Waals surface area contributed by atoms with Gasteiger partial charge in [-0.05, 0) is 38.5 Å². The summed E-state index contributed by atoms with van der Waals surface area (Å²) < 4.78 is 1.08. The number of halogens is 1. The molecule has 1 aromatic carbocycles. The maximum absolute atomic E-state index is 4.64. The Kier molecular flexibility index (Phi) is 7.05. The van der Waals surface area contributed by atoms with Crippen molar-refractivity contribution in [1.82, 2.24) is 15.6 Å². The van der Waals surface area contributed by atoms with Crippen LogP contribution in [0.15, 0.2) is 33.7 Å². The molecule has 2 rings (SSSR count). The molecule has 0 aliphatic carbocycles. The van der Waals surface area contributed by atoms with E-state index in [1.54, 1.807) is 11.3 Å². The summed E-state index contributed by atoms with van der Waals surface area (Å²) >= 11 is 5.26. The van der Waals surface area contributed by atoms with Crippen molar-refractivity contribution in [1.29, 1.82) is 0 Å². The summed E-state index contributed by atoms with van der Waals surface area (Å²) in [5.74, 6) is 0.845. The number of aliphatic imine (C=N–C) groups is 1. The van der Waals surface area contributed by atoms with Crippen LogP contribution < -0.4 is 10.6 Å². The van der Waals surface area contributed by atoms with E-state index in [1.807, 2.05) is 12.1 Å². The van der Waals surface area contributed by atoms with Crippen LogP contribution in [0.5, 0.6) is 0 Å². The van der Waals surface area contributed by atoms with Crippen LogP contribution in [0.1, 0.15) is 28.1 Å². The monoisotopic (exact) mass is 394 g/mol. The molecule has 0 aliphatic rings. The maximum Gasteiger partial charge on any atom is 0.191 e. The highest BCUT2D eigenvalue weighted by Crippen LogP contribution is 2.16. The quantitative estimate of drug-likeness (QED) is 0.578. The molecule has 23 heavy (non-hydrogen) atoms. The molecule has 0 saturated carbocycles. The topological polar surface area (TPSA) is 49.3 Å². The minimum Gasteiger partial charge on any atom is -0.357 e. The number of nitrogens with one attached hydrogen (secondary N) is 2. The Labute approximate surface area is 150 Å². The van der Waals surface area contributed by atoms with Gasteiger partial charge in [-0.2, -0.15) is 0 Å². The van der Waals surface area contributed by atoms with Gasteiger partial charge >= 0.3 is 0 Å². The summed E-state index contributed by atoms with van der Waals surface area (Å²) in [4.78, 5) is 10.5. The molecule has 124 valence electrons. The van der Waals surface area contributed by atoms with Crippen LogP contribution in [0.2, 0.25) is 0 Å². The van der Waals surface area contributed by atoms with Gasteiger partial charge < -0.3 is 10.6 Å². The van der Waals surface area contributed by atoms with Crippen LogP contribution in [0.3, 0.4) is 0 Å². The number of nitrogens with zero attached hydrogens (tertiary/aromatic N) is 2. The van der Waals surface area contributed by atoms with Gasteiger partial charge in [-0.3, -0.25) is 0 Å². The average molecular weight is 395 g/mol. The first-order chi connectivity index (χ1) is 11.1. The number of hydrogen-bond acceptors (Lipinski definition) is 3. The van der Waals surface area contributed by atoms with E-state index < -0.39 is 0 Å². The van der Waals surface area contributed by atoms with Gasteiger partial charge in [0.1, 0.15) is 0 Å². The number of benzene rings is 1. The third-order valence-corrected chi connectivity index (χ3v) is 4.98. The van der Waals surface area contributed by atoms with Crippen LogP contribution in [-0.4, -0.2) is 24.0 Å². The van der Waals surface area contributed by atoms with Crippen LogP contribution in [0.4, 0.5) is 0 Å². The molecule has 2 N–H and O–H groups in total. The van der Waals surface area contributed by atoms with E-state index in [2.05, 4.69) is 69.4 Å². The van der Waals surface area contributed by atoms with Crippen molar-refractivity contribution in [3.05, 3.63) is 49.9 Å². The van der Waals surface area contributed by atoms with E-state index in [-0.39, 0.29) is 0 Å². The zero-order valence-electron chi connectivity index (χ0n) is 13.8. The normalized spacial score (nSPS) is 11.6. The zero-order valence-corrected chi connectivity index (χ0v) is 16.2. The third kappa shape index (κ3) is 5.95. The van der Waals surface area contributed by atoms with Crippen LogP contribution in [-0.2, 0) is 13.0 Å². The molecule has 0 atom stereocenters. The summed E-state index contributed by atoms with van der Waals surface area (Å²) in [6.45, 7) is 8.59. The lowest BCUT2D eigenvalue weighted by molar-refractivity contribution is 0.795. The van der Waals surface area contributed by atoms with Crippen molar-refractivity contribution < 1.29 is 0 Å². The highest BCUT2D eigenvalue weighted by Gasteiger charge is 2.04. The predicted molar refractivity (Wildman–Crippen MR) is 102 cm³/mol. The standard InChI is InChI=1S/C17H23BrN4S/c1-4-19-17(21-11-14-6-5-7-15(18)10-14)20-9-8-16-22-12(2)13(3)23-16/h5-7,10H,4,8-9,11H2,1-3H3,(H2,19,20,21). The summed E-state index contributed by atoms with van der Waals surface area (Å²) in [5.41, 5.74) is 2.32. The fourth-order valence-corrected chi connectivity index (χ4v) is 3.46. The Morgan fingerprint density at radius 3 is 2.78 bits per heavy atom. The van der Waals surface area contributed by atoms with Crippen LogP contribution in [0, 0.1) is 13.8 Å². The Morgan fingerprint density at radius 2 is 2.13 bits per heavy atom. The van der Waals surface area contributed by atoms with Gasteiger partial charge in [-0.25, -0.2) is 9.98 Å². The molecule has 0 radical (unpaired) electrons. The molecule has 0 aliphatic heterocycles. The van der Waals surface area contributed by atoms with Gasteiger partial charge in [0.05, 0.1) is 17.2 Å². The van der Waals surface area contributed by atoms with Gasteiger partial charge in [0.2, 0.25) is 0 Å². The highest BCUT2D eigenvalue weighted by molar-refractivity contribution is 9.10. The molecule has 1 heterocycles. The van der Waals surface area contributed by atoms with Gasteiger partial charge in [-0.15, -0.1) is 11.3 Å². The highest BCUT2D eigenvalue weighted by atomic mass is 79.9. The molecule has 2 aromatic rings. The largest absolute Gasteiger partial charge is 0.357 e. The van der Waals surface area contributed by atoms with Crippen molar-refractivity contribution in [2.75, 3.05) is 13.1 Å². The van der Waals surface area contributed by atoms with Crippen LogP contribution >= 0.6 is 27.3 Å². The molecule has 0 bridgehead atoms. The second-order valence-electron chi connectivity index (χ2n) is 5.25. The average Bonchev–Trinajstić information content (AvgIpc) is 2.83. The maximum atomic E-state index is 4.64. The fraction of sp³-hybridized carbons (Fsp3) is 0.412. The predicted octanol–water partition coefficient (Wildman–Crippen LogP) is 3.82. The smallest absolute Gasteiger partial charge is 0.191 e. The number of aromatic nitrogens is 1. The van der Waals surface area contributed by atoms with Gasteiger partial charge in [0, 0.05) is 28.9 Å². The first kappa shape index (κ1) is 17.9. The van der Waals surface area contributed by atoms with E-state index in [9.17, 15) is 0 Å². The SMILES string of the molecule is CCNC(=NCc1cccc(Br)c1)NCCc1nc(C)c(C)s1. The molecule has 0 amide bonds. The molecule has 0 unspecified atom stereocenters. The van der Waals surface area contributed by atoms with E-state index in [1.165, 1.54) is 15.4 Å². The number of thiazole rings is 1. The first-order valence-electron chi connectivity index (χ1n) is 7.78. The van der Waals surface area contributed by atoms with Crippen molar-refractivity contribution in [3.8, 4) is 0 Å². The molecule has 0 saturated heterocycles. The number of guanidine groups is 1. The molecule has 0 fully saturated rings. The summed E-state index contributed by atoms with van der Waals surface area (Å²) in [6.07, 6.45) is 0.917. The molecule has 0 spiro atoms. The summed E-state index contributed by atoms with van der Waals surface area (Å²) in [6, 6.07) is 8.23. The summed E-state index contributed by atoms with van der Waals surface area (Å²) in [5, 5.41) is 7.83. The number of aryl methyl sites for hydroxylation is 2. The Hall–Kier alpha value is -1.40. The molecule has 1 aromatic heterocycles. The molecular weight excluding hydrogens is 372 g/mol. The van der Waals surface area contributed by atoms with Crippen molar-refractivity contribution in [3.63, 3.8) is 0 Å². The molecule has 6 heteroatoms.